The van der Waals surface area contributed by atoms with E-state index in [-0.39, 0.29) is 23.4 Å². The van der Waals surface area contributed by atoms with Gasteiger partial charge in [0.05, 0.1) is 12.9 Å². The molecule has 180 valence electrons. The Labute approximate surface area is 202 Å². The standard InChI is InChI=1S/C25H25N5O5/c26-16-20-25(35-24(28-20)21-3-1-14-34-21)30-11-9-29(10-12-30)23(32)4-2-13-33-18-6-7-19-17(15-18)5-8-22(31)27-19/h1,3,6-7,14-15H,2,4-5,8-13H2,(H,27,31). The predicted octanol–water partition coefficient (Wildman–Crippen LogP) is 3.20. The van der Waals surface area contributed by atoms with E-state index >= 15 is 0 Å². The summed E-state index contributed by atoms with van der Waals surface area (Å²) >= 11 is 0. The lowest BCUT2D eigenvalue weighted by atomic mass is 10.0. The van der Waals surface area contributed by atoms with Crippen molar-refractivity contribution in [2.45, 2.75) is 25.7 Å². The number of rotatable bonds is 7. The van der Waals surface area contributed by atoms with Crippen LogP contribution in [-0.2, 0) is 16.0 Å². The van der Waals surface area contributed by atoms with Gasteiger partial charge in [-0.05, 0) is 48.7 Å². The molecule has 1 aromatic carbocycles. The number of hydrogen-bond acceptors (Lipinski definition) is 8. The van der Waals surface area contributed by atoms with Crippen molar-refractivity contribution in [3.8, 4) is 23.5 Å². The second-order valence-electron chi connectivity index (χ2n) is 8.45. The van der Waals surface area contributed by atoms with Gasteiger partial charge in [-0.2, -0.15) is 10.2 Å². The van der Waals surface area contributed by atoms with Crippen LogP contribution in [0.15, 0.2) is 45.4 Å². The Morgan fingerprint density at radius 1 is 1.20 bits per heavy atom. The summed E-state index contributed by atoms with van der Waals surface area (Å²) in [6.45, 7) is 2.62. The minimum absolute atomic E-state index is 0.0375. The highest BCUT2D eigenvalue weighted by atomic mass is 16.5. The molecule has 35 heavy (non-hydrogen) atoms. The Hall–Kier alpha value is -4.26. The molecular weight excluding hydrogens is 450 g/mol. The molecule has 2 aliphatic rings. The summed E-state index contributed by atoms with van der Waals surface area (Å²) in [6, 6.07) is 11.2. The Kier molecular flexibility index (Phi) is 6.39. The van der Waals surface area contributed by atoms with Gasteiger partial charge in [0.1, 0.15) is 11.8 Å². The molecule has 10 heteroatoms. The van der Waals surface area contributed by atoms with Crippen molar-refractivity contribution in [3.63, 3.8) is 0 Å². The highest BCUT2D eigenvalue weighted by molar-refractivity contribution is 5.94. The Bertz CT molecular complexity index is 1250. The molecule has 1 N–H and O–H groups in total. The van der Waals surface area contributed by atoms with Crippen LogP contribution in [-0.4, -0.2) is 54.5 Å². The molecule has 0 unspecified atom stereocenters. The van der Waals surface area contributed by atoms with Crippen molar-refractivity contribution in [1.82, 2.24) is 9.88 Å². The number of oxazole rings is 1. The Morgan fingerprint density at radius 3 is 2.83 bits per heavy atom. The first-order chi connectivity index (χ1) is 17.1. The smallest absolute Gasteiger partial charge is 0.266 e. The molecular formula is C25H25N5O5. The van der Waals surface area contributed by atoms with Gasteiger partial charge in [0.25, 0.3) is 5.89 Å². The third-order valence-corrected chi connectivity index (χ3v) is 6.14. The first kappa shape index (κ1) is 22.5. The molecule has 2 aromatic heterocycles. The van der Waals surface area contributed by atoms with Crippen LogP contribution in [0.4, 0.5) is 11.6 Å². The summed E-state index contributed by atoms with van der Waals surface area (Å²) in [6.07, 6.45) is 3.72. The van der Waals surface area contributed by atoms with E-state index in [4.69, 9.17) is 13.6 Å². The van der Waals surface area contributed by atoms with Gasteiger partial charge in [-0.15, -0.1) is 0 Å². The number of ether oxygens (including phenoxy) is 1. The number of furan rings is 1. The predicted molar refractivity (Wildman–Crippen MR) is 126 cm³/mol. The average Bonchev–Trinajstić information content (AvgIpc) is 3.57. The maximum Gasteiger partial charge on any atom is 0.266 e. The maximum absolute atomic E-state index is 12.7. The average molecular weight is 476 g/mol. The molecule has 5 rings (SSSR count). The number of aryl methyl sites for hydroxylation is 1. The van der Waals surface area contributed by atoms with Crippen LogP contribution in [0.1, 0.15) is 30.5 Å². The molecule has 0 aliphatic carbocycles. The highest BCUT2D eigenvalue weighted by Gasteiger charge is 2.27. The zero-order valence-electron chi connectivity index (χ0n) is 19.2. The first-order valence-corrected chi connectivity index (χ1v) is 11.6. The van der Waals surface area contributed by atoms with E-state index in [1.165, 1.54) is 6.26 Å². The van der Waals surface area contributed by atoms with Gasteiger partial charge in [0.15, 0.2) is 5.76 Å². The van der Waals surface area contributed by atoms with E-state index in [1.54, 1.807) is 12.1 Å². The van der Waals surface area contributed by atoms with Crippen molar-refractivity contribution < 1.29 is 23.2 Å². The summed E-state index contributed by atoms with van der Waals surface area (Å²) in [4.78, 5) is 32.1. The number of aromatic nitrogens is 1. The number of fused-ring (bicyclic) bond motifs is 1. The molecule has 1 saturated heterocycles. The summed E-state index contributed by atoms with van der Waals surface area (Å²) in [5.41, 5.74) is 2.11. The van der Waals surface area contributed by atoms with Gasteiger partial charge >= 0.3 is 0 Å². The van der Waals surface area contributed by atoms with Crippen LogP contribution in [0.5, 0.6) is 5.75 Å². The SMILES string of the molecule is N#Cc1nc(-c2ccco2)oc1N1CCN(C(=O)CCCOc2ccc3c(c2)CCC(=O)N3)CC1. The zero-order valence-corrected chi connectivity index (χ0v) is 19.2. The van der Waals surface area contributed by atoms with Crippen molar-refractivity contribution in [3.05, 3.63) is 47.9 Å². The van der Waals surface area contributed by atoms with Crippen molar-refractivity contribution in [2.24, 2.45) is 0 Å². The number of carbonyl (C=O) groups excluding carboxylic acids is 2. The van der Waals surface area contributed by atoms with E-state index in [9.17, 15) is 14.9 Å². The van der Waals surface area contributed by atoms with Crippen LogP contribution in [0.2, 0.25) is 0 Å². The normalized spacial score (nSPS) is 15.3. The number of nitrogens with one attached hydrogen (secondary N) is 1. The molecule has 0 atom stereocenters. The number of carbonyl (C=O) groups is 2. The minimum Gasteiger partial charge on any atom is -0.494 e. The number of nitriles is 1. The number of amides is 2. The molecule has 4 heterocycles. The summed E-state index contributed by atoms with van der Waals surface area (Å²) < 4.78 is 16.9. The van der Waals surface area contributed by atoms with Crippen LogP contribution < -0.4 is 15.0 Å². The lowest BCUT2D eigenvalue weighted by molar-refractivity contribution is -0.131. The fraction of sp³-hybridized carbons (Fsp3) is 0.360. The summed E-state index contributed by atoms with van der Waals surface area (Å²) in [5, 5.41) is 12.3. The molecule has 2 amide bonds. The number of hydrogen-bond donors (Lipinski definition) is 1. The fourth-order valence-electron chi connectivity index (χ4n) is 4.28. The second-order valence-corrected chi connectivity index (χ2v) is 8.45. The monoisotopic (exact) mass is 475 g/mol. The lowest BCUT2D eigenvalue weighted by Gasteiger charge is -2.34. The van der Waals surface area contributed by atoms with Gasteiger partial charge < -0.3 is 28.7 Å². The van der Waals surface area contributed by atoms with Crippen molar-refractivity contribution >= 4 is 23.4 Å². The zero-order chi connectivity index (χ0) is 24.2. The highest BCUT2D eigenvalue weighted by Crippen LogP contribution is 2.29. The molecule has 0 spiro atoms. The maximum atomic E-state index is 12.7. The van der Waals surface area contributed by atoms with E-state index in [2.05, 4.69) is 16.4 Å². The number of anilines is 2. The molecule has 1 fully saturated rings. The fourth-order valence-corrected chi connectivity index (χ4v) is 4.28. The molecule has 2 aliphatic heterocycles. The molecule has 3 aromatic rings. The summed E-state index contributed by atoms with van der Waals surface area (Å²) in [7, 11) is 0. The van der Waals surface area contributed by atoms with E-state index in [1.807, 2.05) is 28.0 Å². The number of piperazine rings is 1. The van der Waals surface area contributed by atoms with E-state index in [0.717, 1.165) is 17.0 Å². The van der Waals surface area contributed by atoms with Gasteiger partial charge in [-0.25, -0.2) is 0 Å². The molecule has 10 nitrogen and oxygen atoms in total. The van der Waals surface area contributed by atoms with Gasteiger partial charge in [-0.1, -0.05) is 0 Å². The van der Waals surface area contributed by atoms with Crippen molar-refractivity contribution in [1.29, 1.82) is 5.26 Å². The molecule has 0 bridgehead atoms. The van der Waals surface area contributed by atoms with Gasteiger partial charge in [-0.3, -0.25) is 9.59 Å². The first-order valence-electron chi connectivity index (χ1n) is 11.6. The third-order valence-electron chi connectivity index (χ3n) is 6.14. The third kappa shape index (κ3) is 4.99. The topological polar surface area (TPSA) is 125 Å². The van der Waals surface area contributed by atoms with Crippen LogP contribution >= 0.6 is 0 Å². The van der Waals surface area contributed by atoms with E-state index < -0.39 is 0 Å². The number of nitrogens with zero attached hydrogens (tertiary/aromatic N) is 4. The Balaban J connectivity index is 1.08. The van der Waals surface area contributed by atoms with Crippen molar-refractivity contribution in [2.75, 3.05) is 43.0 Å². The lowest BCUT2D eigenvalue weighted by Crippen LogP contribution is -2.48. The van der Waals surface area contributed by atoms with E-state index in [0.29, 0.717) is 70.1 Å². The Morgan fingerprint density at radius 2 is 2.06 bits per heavy atom. The molecule has 0 saturated carbocycles. The van der Waals surface area contributed by atoms with Crippen LogP contribution in [0, 0.1) is 11.3 Å². The number of benzene rings is 1. The minimum atomic E-state index is 0.0375. The molecule has 0 radical (unpaired) electrons. The van der Waals surface area contributed by atoms with Crippen LogP contribution in [0.3, 0.4) is 0 Å². The second kappa shape index (κ2) is 9.93. The largest absolute Gasteiger partial charge is 0.494 e. The summed E-state index contributed by atoms with van der Waals surface area (Å²) in [5.74, 6) is 2.00. The van der Waals surface area contributed by atoms with Gasteiger partial charge in [0, 0.05) is 44.7 Å². The van der Waals surface area contributed by atoms with Crippen LogP contribution in [0.25, 0.3) is 11.7 Å². The quantitative estimate of drug-likeness (QED) is 0.517. The van der Waals surface area contributed by atoms with Gasteiger partial charge in [0.2, 0.25) is 23.4 Å².